The molecule has 2 aliphatic heterocycles. The van der Waals surface area contributed by atoms with Gasteiger partial charge in [0, 0.05) is 30.7 Å². The molecule has 2 rings (SSSR count). The molecule has 0 aliphatic carbocycles. The van der Waals surface area contributed by atoms with Crippen LogP contribution in [0.4, 0.5) is 0 Å². The van der Waals surface area contributed by atoms with Crippen molar-refractivity contribution in [1.29, 1.82) is 0 Å². The lowest BCUT2D eigenvalue weighted by Crippen LogP contribution is -2.69. The predicted octanol–water partition coefficient (Wildman–Crippen LogP) is 3.58. The summed E-state index contributed by atoms with van der Waals surface area (Å²) < 4.78 is 6.26. The summed E-state index contributed by atoms with van der Waals surface area (Å²) in [7, 11) is 0. The Morgan fingerprint density at radius 2 is 1.76 bits per heavy atom. The Balaban J connectivity index is 2.08. The van der Waals surface area contributed by atoms with Crippen molar-refractivity contribution in [3.63, 3.8) is 0 Å². The average Bonchev–Trinajstić information content (AvgIpc) is 2.81. The van der Waals surface area contributed by atoms with Gasteiger partial charge in [0.15, 0.2) is 0 Å². The molecule has 0 aromatic carbocycles. The van der Waals surface area contributed by atoms with Gasteiger partial charge in [-0.1, -0.05) is 20.8 Å². The third kappa shape index (κ3) is 3.62. The van der Waals surface area contributed by atoms with Crippen molar-refractivity contribution < 1.29 is 4.74 Å². The van der Waals surface area contributed by atoms with Crippen LogP contribution in [0.1, 0.15) is 73.6 Å². The van der Waals surface area contributed by atoms with E-state index < -0.39 is 0 Å². The molecule has 3 heteroatoms. The predicted molar refractivity (Wildman–Crippen MR) is 89.8 cm³/mol. The molecule has 2 saturated heterocycles. The maximum Gasteiger partial charge on any atom is 0.0710 e. The molecule has 21 heavy (non-hydrogen) atoms. The van der Waals surface area contributed by atoms with Gasteiger partial charge in [0.25, 0.3) is 0 Å². The molecule has 2 aliphatic rings. The van der Waals surface area contributed by atoms with E-state index in [1.165, 1.54) is 32.1 Å². The van der Waals surface area contributed by atoms with Crippen molar-refractivity contribution in [1.82, 2.24) is 10.2 Å². The van der Waals surface area contributed by atoms with E-state index in [0.29, 0.717) is 11.6 Å². The van der Waals surface area contributed by atoms with Gasteiger partial charge in [-0.2, -0.15) is 0 Å². The summed E-state index contributed by atoms with van der Waals surface area (Å²) in [5.74, 6) is 0. The Bertz CT molecular complexity index is 351. The second-order valence-electron chi connectivity index (χ2n) is 8.11. The lowest BCUT2D eigenvalue weighted by Gasteiger charge is -2.53. The molecule has 0 amide bonds. The summed E-state index contributed by atoms with van der Waals surface area (Å²) in [5, 5.41) is 3.86. The minimum atomic E-state index is 0.0773. The first-order valence-electron chi connectivity index (χ1n) is 8.96. The van der Waals surface area contributed by atoms with Crippen LogP contribution in [0.3, 0.4) is 0 Å². The standard InChI is InChI=1S/C18H36N2O/c1-7-17(6)13-19-18(8-2,9-3)14-20(17)12-15-10-11-16(4,5)21-15/h15,19H,7-14H2,1-6H3. The highest BCUT2D eigenvalue weighted by atomic mass is 16.5. The number of nitrogens with zero attached hydrogens (tertiary/aromatic N) is 1. The smallest absolute Gasteiger partial charge is 0.0710 e. The van der Waals surface area contributed by atoms with Crippen LogP contribution in [0, 0.1) is 0 Å². The maximum absolute atomic E-state index is 6.26. The summed E-state index contributed by atoms with van der Waals surface area (Å²) in [6.07, 6.45) is 6.42. The summed E-state index contributed by atoms with van der Waals surface area (Å²) in [6, 6.07) is 0. The van der Waals surface area contributed by atoms with Crippen molar-refractivity contribution in [3.05, 3.63) is 0 Å². The molecule has 0 spiro atoms. The highest BCUT2D eigenvalue weighted by Crippen LogP contribution is 2.34. The van der Waals surface area contributed by atoms with Crippen molar-refractivity contribution in [2.24, 2.45) is 0 Å². The van der Waals surface area contributed by atoms with Gasteiger partial charge in [0.2, 0.25) is 0 Å². The Morgan fingerprint density at radius 1 is 1.10 bits per heavy atom. The first-order valence-corrected chi connectivity index (χ1v) is 8.96. The van der Waals surface area contributed by atoms with Gasteiger partial charge < -0.3 is 10.1 Å². The fourth-order valence-electron chi connectivity index (χ4n) is 3.91. The molecule has 0 aromatic heterocycles. The lowest BCUT2D eigenvalue weighted by molar-refractivity contribution is -0.0633. The molecule has 124 valence electrons. The first kappa shape index (κ1) is 17.2. The third-order valence-corrected chi connectivity index (χ3v) is 6.19. The molecule has 2 atom stereocenters. The van der Waals surface area contributed by atoms with Gasteiger partial charge in [-0.3, -0.25) is 4.90 Å². The molecular weight excluding hydrogens is 260 g/mol. The number of hydrogen-bond donors (Lipinski definition) is 1. The van der Waals surface area contributed by atoms with Crippen LogP contribution in [0.2, 0.25) is 0 Å². The molecule has 2 heterocycles. The number of piperazine rings is 1. The molecule has 0 saturated carbocycles. The Kier molecular flexibility index (Phi) is 5.07. The van der Waals surface area contributed by atoms with E-state index in [0.717, 1.165) is 19.6 Å². The summed E-state index contributed by atoms with van der Waals surface area (Å²) >= 11 is 0. The van der Waals surface area contributed by atoms with Crippen LogP contribution in [-0.2, 0) is 4.74 Å². The molecule has 2 unspecified atom stereocenters. The minimum Gasteiger partial charge on any atom is -0.371 e. The van der Waals surface area contributed by atoms with Crippen LogP contribution in [0.15, 0.2) is 0 Å². The second-order valence-corrected chi connectivity index (χ2v) is 8.11. The first-order chi connectivity index (χ1) is 9.78. The second kappa shape index (κ2) is 6.17. The fraction of sp³-hybridized carbons (Fsp3) is 1.00. The van der Waals surface area contributed by atoms with Crippen LogP contribution >= 0.6 is 0 Å². The van der Waals surface area contributed by atoms with E-state index in [-0.39, 0.29) is 11.1 Å². The zero-order valence-electron chi connectivity index (χ0n) is 15.1. The Morgan fingerprint density at radius 3 is 2.24 bits per heavy atom. The summed E-state index contributed by atoms with van der Waals surface area (Å²) in [5.41, 5.74) is 0.640. The van der Waals surface area contributed by atoms with Crippen molar-refractivity contribution >= 4 is 0 Å². The van der Waals surface area contributed by atoms with Gasteiger partial charge in [-0.15, -0.1) is 0 Å². The molecule has 0 bridgehead atoms. The van der Waals surface area contributed by atoms with Crippen LogP contribution in [0.25, 0.3) is 0 Å². The number of hydrogen-bond acceptors (Lipinski definition) is 3. The molecule has 0 radical (unpaired) electrons. The zero-order chi connectivity index (χ0) is 15.7. The number of rotatable bonds is 5. The molecular formula is C18H36N2O. The SMILES string of the molecule is CCC1(CC)CN(CC2CCC(C)(C)O2)C(C)(CC)CN1. The largest absolute Gasteiger partial charge is 0.371 e. The van der Waals surface area contributed by atoms with E-state index in [4.69, 9.17) is 4.74 Å². The quantitative estimate of drug-likeness (QED) is 0.839. The van der Waals surface area contributed by atoms with Gasteiger partial charge in [-0.05, 0) is 52.9 Å². The number of nitrogens with one attached hydrogen (secondary N) is 1. The fourth-order valence-corrected chi connectivity index (χ4v) is 3.91. The normalized spacial score (nSPS) is 36.0. The van der Waals surface area contributed by atoms with E-state index in [2.05, 4.69) is 51.8 Å². The Hall–Kier alpha value is -0.120. The van der Waals surface area contributed by atoms with Crippen LogP contribution in [-0.4, -0.2) is 47.3 Å². The van der Waals surface area contributed by atoms with E-state index in [1.54, 1.807) is 0 Å². The third-order valence-electron chi connectivity index (χ3n) is 6.19. The Labute approximate surface area is 131 Å². The van der Waals surface area contributed by atoms with Gasteiger partial charge in [0.05, 0.1) is 11.7 Å². The van der Waals surface area contributed by atoms with Gasteiger partial charge in [-0.25, -0.2) is 0 Å². The average molecular weight is 296 g/mol. The van der Waals surface area contributed by atoms with Crippen molar-refractivity contribution in [2.45, 2.75) is 96.4 Å². The monoisotopic (exact) mass is 296 g/mol. The minimum absolute atomic E-state index is 0.0773. The molecule has 3 nitrogen and oxygen atoms in total. The van der Waals surface area contributed by atoms with Gasteiger partial charge in [0.1, 0.15) is 0 Å². The van der Waals surface area contributed by atoms with E-state index in [1.807, 2.05) is 0 Å². The van der Waals surface area contributed by atoms with Crippen LogP contribution in [0.5, 0.6) is 0 Å². The summed E-state index contributed by atoms with van der Waals surface area (Å²) in [4.78, 5) is 2.72. The van der Waals surface area contributed by atoms with Crippen LogP contribution < -0.4 is 5.32 Å². The summed E-state index contributed by atoms with van der Waals surface area (Å²) in [6.45, 7) is 17.2. The topological polar surface area (TPSA) is 24.5 Å². The van der Waals surface area contributed by atoms with Crippen molar-refractivity contribution in [3.8, 4) is 0 Å². The molecule has 1 N–H and O–H groups in total. The highest BCUT2D eigenvalue weighted by Gasteiger charge is 2.44. The van der Waals surface area contributed by atoms with Gasteiger partial charge >= 0.3 is 0 Å². The number of ether oxygens (including phenoxy) is 1. The van der Waals surface area contributed by atoms with E-state index in [9.17, 15) is 0 Å². The molecule has 0 aromatic rings. The highest BCUT2D eigenvalue weighted by molar-refractivity contribution is 5.03. The molecule has 2 fully saturated rings. The maximum atomic E-state index is 6.26. The van der Waals surface area contributed by atoms with Crippen molar-refractivity contribution in [2.75, 3.05) is 19.6 Å². The lowest BCUT2D eigenvalue weighted by atomic mass is 9.82. The zero-order valence-corrected chi connectivity index (χ0v) is 15.1. The van der Waals surface area contributed by atoms with E-state index >= 15 is 0 Å².